The first kappa shape index (κ1) is 26.7. The van der Waals surface area contributed by atoms with Crippen molar-refractivity contribution in [1.82, 2.24) is 4.90 Å². The summed E-state index contributed by atoms with van der Waals surface area (Å²) in [5, 5.41) is 4.61. The molecular weight excluding hydrogens is 576 g/mol. The van der Waals surface area contributed by atoms with Crippen LogP contribution in [-0.4, -0.2) is 28.6 Å². The number of hydrogen-bond acceptors (Lipinski definition) is 5. The third-order valence-corrected chi connectivity index (χ3v) is 7.77. The highest BCUT2D eigenvalue weighted by Gasteiger charge is 2.35. The number of carbonyl (C=O) groups is 3. The molecule has 0 spiro atoms. The number of halogens is 1. The molecule has 1 saturated heterocycles. The third kappa shape index (κ3) is 6.08. The van der Waals surface area contributed by atoms with E-state index in [9.17, 15) is 14.4 Å². The zero-order chi connectivity index (χ0) is 27.5. The molecule has 3 amide bonds. The molecule has 0 bridgehead atoms. The van der Waals surface area contributed by atoms with E-state index in [-0.39, 0.29) is 30.2 Å². The van der Waals surface area contributed by atoms with Gasteiger partial charge in [0.05, 0.1) is 11.4 Å². The van der Waals surface area contributed by atoms with Gasteiger partial charge in [0.25, 0.3) is 17.1 Å². The number of rotatable bonds is 7. The van der Waals surface area contributed by atoms with Gasteiger partial charge in [0.15, 0.2) is 6.61 Å². The summed E-state index contributed by atoms with van der Waals surface area (Å²) in [6.07, 6.45) is 1.64. The van der Waals surface area contributed by atoms with Crippen molar-refractivity contribution < 1.29 is 19.1 Å². The van der Waals surface area contributed by atoms with Crippen LogP contribution >= 0.6 is 27.7 Å². The fourth-order valence-corrected chi connectivity index (χ4v) is 5.55. The average molecular weight is 602 g/mol. The highest BCUT2D eigenvalue weighted by molar-refractivity contribution is 9.10. The van der Waals surface area contributed by atoms with Crippen LogP contribution in [0.1, 0.15) is 22.3 Å². The lowest BCUT2D eigenvalue weighted by Crippen LogP contribution is -2.27. The zero-order valence-corrected chi connectivity index (χ0v) is 23.8. The van der Waals surface area contributed by atoms with Crippen molar-refractivity contribution in [2.75, 3.05) is 11.9 Å². The first-order valence-electron chi connectivity index (χ1n) is 12.3. The van der Waals surface area contributed by atoms with Crippen molar-refractivity contribution in [3.63, 3.8) is 0 Å². The Morgan fingerprint density at radius 1 is 1.00 bits per heavy atom. The minimum atomic E-state index is -0.364. The molecule has 5 rings (SSSR count). The van der Waals surface area contributed by atoms with Crippen molar-refractivity contribution in [1.29, 1.82) is 0 Å². The topological polar surface area (TPSA) is 75.7 Å². The number of hydrogen-bond donors (Lipinski definition) is 1. The highest BCUT2D eigenvalue weighted by Crippen LogP contribution is 2.36. The van der Waals surface area contributed by atoms with Gasteiger partial charge < -0.3 is 10.1 Å². The lowest BCUT2D eigenvalue weighted by Gasteiger charge is -2.14. The molecule has 1 aliphatic rings. The molecule has 4 aromatic carbocycles. The van der Waals surface area contributed by atoms with Gasteiger partial charge in [-0.3, -0.25) is 19.3 Å². The molecule has 0 saturated carbocycles. The first-order valence-corrected chi connectivity index (χ1v) is 13.9. The van der Waals surface area contributed by atoms with Gasteiger partial charge in [-0.25, -0.2) is 0 Å². The van der Waals surface area contributed by atoms with Crippen molar-refractivity contribution in [3.8, 4) is 5.75 Å². The molecule has 0 radical (unpaired) electrons. The summed E-state index contributed by atoms with van der Waals surface area (Å²) >= 11 is 4.35. The van der Waals surface area contributed by atoms with Crippen LogP contribution < -0.4 is 10.1 Å². The summed E-state index contributed by atoms with van der Waals surface area (Å²) in [5.41, 5.74) is 4.22. The van der Waals surface area contributed by atoms with E-state index in [2.05, 4.69) is 21.2 Å². The first-order chi connectivity index (χ1) is 18.8. The van der Waals surface area contributed by atoms with Gasteiger partial charge in [-0.2, -0.15) is 0 Å². The number of nitrogens with one attached hydrogen (secondary N) is 1. The highest BCUT2D eigenvalue weighted by atomic mass is 79.9. The number of thioether (sulfide) groups is 1. The number of nitrogens with zero attached hydrogens (tertiary/aromatic N) is 1. The number of aryl methyl sites for hydroxylation is 2. The van der Waals surface area contributed by atoms with E-state index >= 15 is 0 Å². The van der Waals surface area contributed by atoms with Gasteiger partial charge in [0, 0.05) is 15.7 Å². The van der Waals surface area contributed by atoms with Gasteiger partial charge in [-0.15, -0.1) is 0 Å². The van der Waals surface area contributed by atoms with Crippen LogP contribution in [0.3, 0.4) is 0 Å². The van der Waals surface area contributed by atoms with E-state index in [0.717, 1.165) is 49.4 Å². The van der Waals surface area contributed by atoms with E-state index in [1.807, 2.05) is 74.5 Å². The van der Waals surface area contributed by atoms with Gasteiger partial charge in [-0.1, -0.05) is 70.5 Å². The summed E-state index contributed by atoms with van der Waals surface area (Å²) in [6, 6.07) is 24.9. The molecule has 39 heavy (non-hydrogen) atoms. The molecule has 8 heteroatoms. The number of amides is 3. The third-order valence-electron chi connectivity index (χ3n) is 6.37. The Morgan fingerprint density at radius 2 is 1.79 bits per heavy atom. The number of carbonyl (C=O) groups excluding carboxylic acids is 3. The Kier molecular flexibility index (Phi) is 7.86. The minimum absolute atomic E-state index is 0.184. The molecule has 4 aromatic rings. The molecule has 6 nitrogen and oxygen atoms in total. The second-order valence-corrected chi connectivity index (χ2v) is 11.2. The molecule has 0 atom stereocenters. The molecule has 0 unspecified atom stereocenters. The molecule has 1 aliphatic heterocycles. The summed E-state index contributed by atoms with van der Waals surface area (Å²) in [5.74, 6) is -0.236. The van der Waals surface area contributed by atoms with E-state index in [1.165, 1.54) is 4.90 Å². The van der Waals surface area contributed by atoms with Crippen LogP contribution in [0.15, 0.2) is 88.2 Å². The number of anilines is 1. The van der Waals surface area contributed by atoms with Crippen LogP contribution in [0.4, 0.5) is 10.5 Å². The SMILES string of the molecule is Cc1ccc(C)c(NC(=O)COc2ccc(Br)cc2/C=C2\SC(=O)N(Cc3cccc4ccccc34)C2=O)c1. The lowest BCUT2D eigenvalue weighted by atomic mass is 10.0. The van der Waals surface area contributed by atoms with E-state index in [1.54, 1.807) is 24.3 Å². The molecule has 196 valence electrons. The average Bonchev–Trinajstić information content (AvgIpc) is 3.17. The van der Waals surface area contributed by atoms with Crippen molar-refractivity contribution >= 4 is 67.3 Å². The molecule has 1 fully saturated rings. The van der Waals surface area contributed by atoms with Crippen LogP contribution in [0.25, 0.3) is 16.8 Å². The maximum absolute atomic E-state index is 13.3. The van der Waals surface area contributed by atoms with Gasteiger partial charge >= 0.3 is 0 Å². The monoisotopic (exact) mass is 600 g/mol. The normalized spacial score (nSPS) is 14.3. The van der Waals surface area contributed by atoms with Crippen molar-refractivity contribution in [3.05, 3.63) is 110 Å². The second-order valence-electron chi connectivity index (χ2n) is 9.24. The summed E-state index contributed by atoms with van der Waals surface area (Å²) in [7, 11) is 0. The van der Waals surface area contributed by atoms with Gasteiger partial charge in [-0.05, 0) is 83.4 Å². The summed E-state index contributed by atoms with van der Waals surface area (Å²) in [4.78, 5) is 40.3. The number of benzene rings is 4. The Morgan fingerprint density at radius 3 is 2.64 bits per heavy atom. The Balaban J connectivity index is 1.33. The maximum Gasteiger partial charge on any atom is 0.293 e. The number of imide groups is 1. The van der Waals surface area contributed by atoms with Crippen molar-refractivity contribution in [2.45, 2.75) is 20.4 Å². The van der Waals surface area contributed by atoms with E-state index in [4.69, 9.17) is 4.74 Å². The fraction of sp³-hybridized carbons (Fsp3) is 0.129. The number of ether oxygens (including phenoxy) is 1. The predicted octanol–water partition coefficient (Wildman–Crippen LogP) is 7.47. The van der Waals surface area contributed by atoms with Crippen LogP contribution in [0.5, 0.6) is 5.75 Å². The molecular formula is C31H25BrN2O4S. The Hall–Kier alpha value is -3.88. The maximum atomic E-state index is 13.3. The Bertz CT molecular complexity index is 1640. The van der Waals surface area contributed by atoms with Crippen LogP contribution in [-0.2, 0) is 16.1 Å². The fourth-order valence-electron chi connectivity index (χ4n) is 4.34. The molecule has 1 N–H and O–H groups in total. The minimum Gasteiger partial charge on any atom is -0.483 e. The number of fused-ring (bicyclic) bond motifs is 1. The van der Waals surface area contributed by atoms with E-state index in [0.29, 0.717) is 16.2 Å². The Labute approximate surface area is 239 Å². The largest absolute Gasteiger partial charge is 0.483 e. The zero-order valence-electron chi connectivity index (χ0n) is 21.4. The van der Waals surface area contributed by atoms with E-state index < -0.39 is 0 Å². The standard InChI is InChI=1S/C31H25BrN2O4S/c1-19-10-11-20(2)26(14-19)33-29(35)18-38-27-13-12-24(32)15-23(27)16-28-30(36)34(31(37)39-28)17-22-8-5-7-21-6-3-4-9-25(21)22/h3-16H,17-18H2,1-2H3,(H,33,35)/b28-16-. The quantitative estimate of drug-likeness (QED) is 0.223. The predicted molar refractivity (Wildman–Crippen MR) is 160 cm³/mol. The van der Waals surface area contributed by atoms with Gasteiger partial charge in [0.1, 0.15) is 5.75 Å². The lowest BCUT2D eigenvalue weighted by molar-refractivity contribution is -0.123. The molecule has 1 heterocycles. The smallest absolute Gasteiger partial charge is 0.293 e. The van der Waals surface area contributed by atoms with Crippen molar-refractivity contribution in [2.24, 2.45) is 0 Å². The second kappa shape index (κ2) is 11.5. The summed E-state index contributed by atoms with van der Waals surface area (Å²) < 4.78 is 6.62. The summed E-state index contributed by atoms with van der Waals surface area (Å²) in [6.45, 7) is 3.86. The van der Waals surface area contributed by atoms with Crippen LogP contribution in [0, 0.1) is 13.8 Å². The van der Waals surface area contributed by atoms with Gasteiger partial charge in [0.2, 0.25) is 0 Å². The molecule has 0 aromatic heterocycles. The molecule has 0 aliphatic carbocycles. The van der Waals surface area contributed by atoms with Crippen LogP contribution in [0.2, 0.25) is 0 Å².